The van der Waals surface area contributed by atoms with Crippen molar-refractivity contribution in [2.45, 2.75) is 25.7 Å². The minimum absolute atomic E-state index is 0.0123. The quantitative estimate of drug-likeness (QED) is 0.224. The predicted octanol–water partition coefficient (Wildman–Crippen LogP) is 2.11. The van der Waals surface area contributed by atoms with Crippen LogP contribution >= 0.6 is 24.0 Å². The Kier molecular flexibility index (Phi) is 6.65. The first-order valence-electron chi connectivity index (χ1n) is 7.58. The Labute approximate surface area is 153 Å². The third kappa shape index (κ3) is 5.36. The van der Waals surface area contributed by atoms with Crippen molar-refractivity contribution in [3.8, 4) is 0 Å². The van der Waals surface area contributed by atoms with Gasteiger partial charge >= 0.3 is 0 Å². The Bertz CT molecular complexity index is 731. The van der Waals surface area contributed by atoms with E-state index < -0.39 is 10.9 Å². The van der Waals surface area contributed by atoms with Gasteiger partial charge in [0.1, 0.15) is 4.32 Å². The molecule has 0 spiro atoms. The molecule has 1 heterocycles. The zero-order valence-electron chi connectivity index (χ0n) is 13.2. The molecule has 0 N–H and O–H groups in total. The Hall–Kier alpha value is -2.26. The van der Waals surface area contributed by atoms with Gasteiger partial charge in [0.25, 0.3) is 11.6 Å². The minimum Gasteiger partial charge on any atom is -0.550 e. The third-order valence-electron chi connectivity index (χ3n) is 3.54. The molecule has 0 aliphatic carbocycles. The lowest BCUT2D eigenvalue weighted by atomic mass is 10.2. The topological polar surface area (TPSA) is 104 Å². The molecular formula is C16H15N2O5S2-. The number of nitrogens with zero attached hydrogens (tertiary/aromatic N) is 2. The Morgan fingerprint density at radius 2 is 1.92 bits per heavy atom. The lowest BCUT2D eigenvalue weighted by Crippen LogP contribution is -2.29. The number of unbranched alkanes of at least 4 members (excludes halogenated alkanes) is 2. The fraction of sp³-hybridized carbons (Fsp3) is 0.312. The van der Waals surface area contributed by atoms with Crippen molar-refractivity contribution in [1.29, 1.82) is 0 Å². The molecule has 0 radical (unpaired) electrons. The van der Waals surface area contributed by atoms with E-state index in [2.05, 4.69) is 0 Å². The number of carbonyl (C=O) groups excluding carboxylic acids is 2. The Balaban J connectivity index is 1.95. The van der Waals surface area contributed by atoms with E-state index in [-0.39, 0.29) is 18.0 Å². The summed E-state index contributed by atoms with van der Waals surface area (Å²) in [5.41, 5.74) is 0.668. The summed E-state index contributed by atoms with van der Waals surface area (Å²) in [4.78, 5) is 34.9. The lowest BCUT2D eigenvalue weighted by Gasteiger charge is -2.14. The van der Waals surface area contributed by atoms with Crippen LogP contribution in [0, 0.1) is 10.1 Å². The summed E-state index contributed by atoms with van der Waals surface area (Å²) in [6.45, 7) is 0.440. The number of amides is 1. The van der Waals surface area contributed by atoms with E-state index in [1.165, 1.54) is 28.8 Å². The zero-order chi connectivity index (χ0) is 18.4. The number of nitro benzene ring substituents is 1. The van der Waals surface area contributed by atoms with E-state index in [0.29, 0.717) is 40.6 Å². The third-order valence-corrected chi connectivity index (χ3v) is 4.92. The van der Waals surface area contributed by atoms with E-state index in [4.69, 9.17) is 12.2 Å². The molecular weight excluding hydrogens is 364 g/mol. The number of non-ortho nitro benzene ring substituents is 1. The van der Waals surface area contributed by atoms with Crippen LogP contribution in [0.15, 0.2) is 29.2 Å². The highest BCUT2D eigenvalue weighted by atomic mass is 32.2. The van der Waals surface area contributed by atoms with Crippen molar-refractivity contribution in [3.05, 3.63) is 44.8 Å². The first-order valence-corrected chi connectivity index (χ1v) is 8.80. The molecule has 1 saturated heterocycles. The molecule has 0 aromatic heterocycles. The van der Waals surface area contributed by atoms with E-state index in [1.54, 1.807) is 18.2 Å². The number of hydrogen-bond acceptors (Lipinski definition) is 7. The number of carboxylic acid groups (broad SMARTS) is 1. The standard InChI is InChI=1S/C16H16N2O5S2/c19-14(20)4-2-1-3-9-17-15(21)13(25-16(17)24)10-11-5-7-12(8-6-11)18(22)23/h5-8,10H,1-4,9H2,(H,19,20)/p-1/b13-10+. The largest absolute Gasteiger partial charge is 0.550 e. The number of thioether (sulfide) groups is 1. The van der Waals surface area contributed by atoms with Crippen LogP contribution in [-0.4, -0.2) is 32.6 Å². The molecule has 1 amide bonds. The van der Waals surface area contributed by atoms with Crippen LogP contribution in [0.25, 0.3) is 6.08 Å². The fourth-order valence-corrected chi connectivity index (χ4v) is 3.56. The van der Waals surface area contributed by atoms with Gasteiger partial charge in [-0.15, -0.1) is 0 Å². The fourth-order valence-electron chi connectivity index (χ4n) is 2.25. The molecule has 0 atom stereocenters. The maximum atomic E-state index is 12.4. The molecule has 0 unspecified atom stereocenters. The van der Waals surface area contributed by atoms with Gasteiger partial charge in [-0.25, -0.2) is 0 Å². The first-order chi connectivity index (χ1) is 11.9. The van der Waals surface area contributed by atoms with Crippen molar-refractivity contribution in [1.82, 2.24) is 4.90 Å². The van der Waals surface area contributed by atoms with E-state index in [9.17, 15) is 24.8 Å². The maximum Gasteiger partial charge on any atom is 0.269 e. The monoisotopic (exact) mass is 379 g/mol. The summed E-state index contributed by atoms with van der Waals surface area (Å²) in [7, 11) is 0. The van der Waals surface area contributed by atoms with Crippen LogP contribution in [0.1, 0.15) is 31.2 Å². The van der Waals surface area contributed by atoms with E-state index in [1.807, 2.05) is 0 Å². The van der Waals surface area contributed by atoms with Gasteiger partial charge in [0.05, 0.1) is 9.83 Å². The molecule has 1 fully saturated rings. The summed E-state index contributed by atoms with van der Waals surface area (Å²) >= 11 is 6.41. The molecule has 1 aromatic rings. The number of nitro groups is 1. The van der Waals surface area contributed by atoms with Crippen LogP contribution in [0.4, 0.5) is 5.69 Å². The molecule has 132 valence electrons. The number of carbonyl (C=O) groups is 2. The number of hydrogen-bond donors (Lipinski definition) is 0. The van der Waals surface area contributed by atoms with Gasteiger partial charge in [-0.3, -0.25) is 19.8 Å². The van der Waals surface area contributed by atoms with Crippen molar-refractivity contribution in [2.24, 2.45) is 0 Å². The average Bonchev–Trinajstić information content (AvgIpc) is 2.82. The van der Waals surface area contributed by atoms with Gasteiger partial charge in [0.2, 0.25) is 0 Å². The van der Waals surface area contributed by atoms with Gasteiger partial charge in [0.15, 0.2) is 0 Å². The summed E-state index contributed by atoms with van der Waals surface area (Å²) < 4.78 is 0.457. The molecule has 7 nitrogen and oxygen atoms in total. The smallest absolute Gasteiger partial charge is 0.269 e. The minimum atomic E-state index is -1.07. The second-order valence-electron chi connectivity index (χ2n) is 5.36. The summed E-state index contributed by atoms with van der Waals surface area (Å²) in [5, 5.41) is 21.0. The number of carboxylic acids is 1. The normalized spacial score (nSPS) is 15.8. The summed E-state index contributed by atoms with van der Waals surface area (Å²) in [5.74, 6) is -1.27. The van der Waals surface area contributed by atoms with Gasteiger partial charge in [0, 0.05) is 24.6 Å². The highest BCUT2D eigenvalue weighted by molar-refractivity contribution is 8.26. The van der Waals surface area contributed by atoms with Gasteiger partial charge in [-0.1, -0.05) is 30.4 Å². The lowest BCUT2D eigenvalue weighted by molar-refractivity contribution is -0.384. The van der Waals surface area contributed by atoms with E-state index >= 15 is 0 Å². The number of rotatable bonds is 8. The Morgan fingerprint density at radius 3 is 2.52 bits per heavy atom. The summed E-state index contributed by atoms with van der Waals surface area (Å²) in [6, 6.07) is 5.91. The molecule has 2 rings (SSSR count). The Morgan fingerprint density at radius 1 is 1.24 bits per heavy atom. The van der Waals surface area contributed by atoms with Crippen LogP contribution in [-0.2, 0) is 9.59 Å². The van der Waals surface area contributed by atoms with Crippen molar-refractivity contribution < 1.29 is 19.6 Å². The molecule has 1 aliphatic rings. The number of benzene rings is 1. The number of thiocarbonyl (C=S) groups is 1. The first kappa shape index (κ1) is 19.1. The van der Waals surface area contributed by atoms with Crippen LogP contribution in [0.2, 0.25) is 0 Å². The van der Waals surface area contributed by atoms with Crippen LogP contribution in [0.5, 0.6) is 0 Å². The van der Waals surface area contributed by atoms with Crippen LogP contribution in [0.3, 0.4) is 0 Å². The zero-order valence-corrected chi connectivity index (χ0v) is 14.8. The van der Waals surface area contributed by atoms with Gasteiger partial charge < -0.3 is 9.90 Å². The second kappa shape index (κ2) is 8.72. The molecule has 1 aromatic carbocycles. The maximum absolute atomic E-state index is 12.4. The van der Waals surface area contributed by atoms with Crippen molar-refractivity contribution in [2.75, 3.05) is 6.54 Å². The summed E-state index contributed by atoms with van der Waals surface area (Å²) in [6.07, 6.45) is 3.50. The SMILES string of the molecule is O=C([O-])CCCCCN1C(=O)/C(=C\c2ccc([N+](=O)[O-])cc2)SC1=S. The predicted molar refractivity (Wildman–Crippen MR) is 96.5 cm³/mol. The van der Waals surface area contributed by atoms with Crippen molar-refractivity contribution >= 4 is 51.9 Å². The van der Waals surface area contributed by atoms with Gasteiger partial charge in [-0.2, -0.15) is 0 Å². The van der Waals surface area contributed by atoms with Crippen LogP contribution < -0.4 is 5.11 Å². The van der Waals surface area contributed by atoms with Crippen molar-refractivity contribution in [3.63, 3.8) is 0 Å². The van der Waals surface area contributed by atoms with E-state index in [0.717, 1.165) is 0 Å². The molecule has 0 saturated carbocycles. The average molecular weight is 379 g/mol. The number of aliphatic carboxylic acids is 1. The highest BCUT2D eigenvalue weighted by Gasteiger charge is 2.31. The molecule has 0 bridgehead atoms. The van der Waals surface area contributed by atoms with Gasteiger partial charge in [-0.05, 0) is 43.0 Å². The second-order valence-corrected chi connectivity index (χ2v) is 7.04. The molecule has 25 heavy (non-hydrogen) atoms. The molecule has 1 aliphatic heterocycles. The highest BCUT2D eigenvalue weighted by Crippen LogP contribution is 2.33. The molecule has 9 heteroatoms.